The molecule has 5 heteroatoms. The lowest BCUT2D eigenvalue weighted by Crippen LogP contribution is -2.63. The Balaban J connectivity index is 2.03. The molecule has 128 valence electrons. The minimum Gasteiger partial charge on any atom is -0.444 e. The minimum atomic E-state index is -0.876. The van der Waals surface area contributed by atoms with Crippen molar-refractivity contribution in [2.24, 2.45) is 11.1 Å². The van der Waals surface area contributed by atoms with Gasteiger partial charge in [-0.3, -0.25) is 0 Å². The minimum absolute atomic E-state index is 0.270. The van der Waals surface area contributed by atoms with Gasteiger partial charge in [-0.1, -0.05) is 13.8 Å². The van der Waals surface area contributed by atoms with E-state index in [0.29, 0.717) is 32.4 Å². The second kappa shape index (κ2) is 5.38. The van der Waals surface area contributed by atoms with Gasteiger partial charge in [0.2, 0.25) is 0 Å². The molecule has 0 radical (unpaired) electrons. The molecule has 1 heterocycles. The number of rotatable bonds is 1. The molecule has 3 N–H and O–H groups in total. The summed E-state index contributed by atoms with van der Waals surface area (Å²) in [4.78, 5) is 13.8. The fourth-order valence-corrected chi connectivity index (χ4v) is 3.53. The van der Waals surface area contributed by atoms with Gasteiger partial charge in [-0.15, -0.1) is 0 Å². The van der Waals surface area contributed by atoms with Crippen LogP contribution in [0.4, 0.5) is 4.79 Å². The number of nitrogens with zero attached hydrogens (tertiary/aromatic N) is 1. The Bertz CT molecular complexity index is 432. The average Bonchev–Trinajstić information content (AvgIpc) is 2.76. The molecule has 0 bridgehead atoms. The summed E-state index contributed by atoms with van der Waals surface area (Å²) < 4.78 is 5.42. The van der Waals surface area contributed by atoms with Crippen molar-refractivity contribution >= 4 is 6.09 Å². The molecule has 1 saturated heterocycles. The highest BCUT2D eigenvalue weighted by molar-refractivity contribution is 5.68. The monoisotopic (exact) mass is 312 g/mol. The van der Waals surface area contributed by atoms with Crippen LogP contribution in [0.2, 0.25) is 0 Å². The molecule has 1 amide bonds. The van der Waals surface area contributed by atoms with Gasteiger partial charge in [-0.2, -0.15) is 0 Å². The number of amides is 1. The molecule has 2 aliphatic rings. The molecular formula is C17H32N2O3. The third kappa shape index (κ3) is 3.57. The highest BCUT2D eigenvalue weighted by Gasteiger charge is 2.54. The lowest BCUT2D eigenvalue weighted by atomic mass is 9.64. The van der Waals surface area contributed by atoms with Crippen molar-refractivity contribution in [1.82, 2.24) is 4.90 Å². The molecule has 1 unspecified atom stereocenters. The number of carbonyl (C=O) groups excluding carboxylic acids is 1. The Labute approximate surface area is 134 Å². The molecule has 1 aliphatic heterocycles. The summed E-state index contributed by atoms with van der Waals surface area (Å²) in [5.41, 5.74) is 4.71. The Morgan fingerprint density at radius 2 is 1.68 bits per heavy atom. The third-order valence-corrected chi connectivity index (χ3v) is 5.31. The van der Waals surface area contributed by atoms with E-state index in [9.17, 15) is 9.90 Å². The van der Waals surface area contributed by atoms with Gasteiger partial charge in [0.05, 0.1) is 11.1 Å². The molecule has 5 nitrogen and oxygen atoms in total. The van der Waals surface area contributed by atoms with Crippen LogP contribution in [-0.4, -0.2) is 45.9 Å². The number of hydrogen-bond acceptors (Lipinski definition) is 4. The lowest BCUT2D eigenvalue weighted by molar-refractivity contribution is -0.0813. The van der Waals surface area contributed by atoms with Crippen molar-refractivity contribution in [1.29, 1.82) is 0 Å². The maximum atomic E-state index is 12.2. The highest BCUT2D eigenvalue weighted by atomic mass is 16.6. The maximum Gasteiger partial charge on any atom is 0.410 e. The number of hydrogen-bond donors (Lipinski definition) is 2. The second-order valence-electron chi connectivity index (χ2n) is 9.00. The number of aliphatic hydroxyl groups is 1. The van der Waals surface area contributed by atoms with E-state index in [1.54, 1.807) is 4.90 Å². The van der Waals surface area contributed by atoms with Gasteiger partial charge in [0, 0.05) is 13.1 Å². The lowest BCUT2D eigenvalue weighted by Gasteiger charge is -2.48. The number of ether oxygens (including phenoxy) is 1. The van der Waals surface area contributed by atoms with Gasteiger partial charge in [0.15, 0.2) is 0 Å². The smallest absolute Gasteiger partial charge is 0.410 e. The quantitative estimate of drug-likeness (QED) is 0.780. The SMILES string of the molecule is CC1(C)CCC(O)(C2(N)CCN(C(=O)OC(C)(C)C)C2)CC1. The van der Waals surface area contributed by atoms with E-state index >= 15 is 0 Å². The summed E-state index contributed by atoms with van der Waals surface area (Å²) in [6.07, 6.45) is 3.64. The van der Waals surface area contributed by atoms with Crippen LogP contribution in [0.5, 0.6) is 0 Å². The van der Waals surface area contributed by atoms with Crippen molar-refractivity contribution < 1.29 is 14.6 Å². The van der Waals surface area contributed by atoms with E-state index in [0.717, 1.165) is 12.8 Å². The maximum absolute atomic E-state index is 12.2. The van der Waals surface area contributed by atoms with E-state index in [4.69, 9.17) is 10.5 Å². The first-order chi connectivity index (χ1) is 9.86. The van der Waals surface area contributed by atoms with Crippen LogP contribution in [0.15, 0.2) is 0 Å². The number of carbonyl (C=O) groups is 1. The first-order valence-corrected chi connectivity index (χ1v) is 8.35. The van der Waals surface area contributed by atoms with Crippen molar-refractivity contribution in [2.45, 2.75) is 83.5 Å². The molecule has 22 heavy (non-hydrogen) atoms. The van der Waals surface area contributed by atoms with Gasteiger partial charge < -0.3 is 20.5 Å². The van der Waals surface area contributed by atoms with E-state index < -0.39 is 16.7 Å². The molecule has 0 aromatic carbocycles. The van der Waals surface area contributed by atoms with Crippen LogP contribution in [-0.2, 0) is 4.74 Å². The summed E-state index contributed by atoms with van der Waals surface area (Å²) in [6.45, 7) is 11.0. The molecule has 1 aliphatic carbocycles. The van der Waals surface area contributed by atoms with Crippen LogP contribution in [0.1, 0.15) is 66.7 Å². The summed E-state index contributed by atoms with van der Waals surface area (Å²) in [5, 5.41) is 11.1. The molecule has 0 spiro atoms. The van der Waals surface area contributed by atoms with Gasteiger partial charge >= 0.3 is 6.09 Å². The summed E-state index contributed by atoms with van der Waals surface area (Å²) in [6, 6.07) is 0. The first kappa shape index (κ1) is 17.5. The van der Waals surface area contributed by atoms with Crippen molar-refractivity contribution in [3.8, 4) is 0 Å². The Hall–Kier alpha value is -0.810. The van der Waals surface area contributed by atoms with E-state index in [1.165, 1.54) is 0 Å². The summed E-state index contributed by atoms with van der Waals surface area (Å²) in [5.74, 6) is 0. The predicted molar refractivity (Wildman–Crippen MR) is 86.5 cm³/mol. The molecular weight excluding hydrogens is 280 g/mol. The van der Waals surface area contributed by atoms with Gasteiger partial charge in [0.25, 0.3) is 0 Å². The third-order valence-electron chi connectivity index (χ3n) is 5.31. The molecule has 2 rings (SSSR count). The average molecular weight is 312 g/mol. The Morgan fingerprint density at radius 1 is 1.14 bits per heavy atom. The molecule has 0 aromatic heterocycles. The molecule has 1 saturated carbocycles. The largest absolute Gasteiger partial charge is 0.444 e. The highest BCUT2D eigenvalue weighted by Crippen LogP contribution is 2.46. The normalized spacial score (nSPS) is 31.1. The van der Waals surface area contributed by atoms with Crippen LogP contribution in [0, 0.1) is 5.41 Å². The zero-order chi connectivity index (χ0) is 16.8. The van der Waals surface area contributed by atoms with Gasteiger partial charge in [-0.05, 0) is 58.3 Å². The predicted octanol–water partition coefficient (Wildman–Crippen LogP) is 2.66. The van der Waals surface area contributed by atoms with Gasteiger partial charge in [0.1, 0.15) is 5.60 Å². The van der Waals surface area contributed by atoms with Crippen molar-refractivity contribution in [3.63, 3.8) is 0 Å². The fraction of sp³-hybridized carbons (Fsp3) is 0.941. The summed E-state index contributed by atoms with van der Waals surface area (Å²) >= 11 is 0. The van der Waals surface area contributed by atoms with E-state index in [2.05, 4.69) is 13.8 Å². The topological polar surface area (TPSA) is 75.8 Å². The van der Waals surface area contributed by atoms with Crippen LogP contribution >= 0.6 is 0 Å². The first-order valence-electron chi connectivity index (χ1n) is 8.35. The van der Waals surface area contributed by atoms with Crippen LogP contribution in [0.3, 0.4) is 0 Å². The standard InChI is InChI=1S/C17H32N2O3/c1-14(2,3)22-13(20)19-11-10-16(18,12-19)17(21)8-6-15(4,5)7-9-17/h21H,6-12,18H2,1-5H3. The summed E-state index contributed by atoms with van der Waals surface area (Å²) in [7, 11) is 0. The van der Waals surface area contributed by atoms with Crippen LogP contribution in [0.25, 0.3) is 0 Å². The molecule has 0 aromatic rings. The number of nitrogens with two attached hydrogens (primary N) is 1. The van der Waals surface area contributed by atoms with Crippen molar-refractivity contribution in [3.05, 3.63) is 0 Å². The zero-order valence-electron chi connectivity index (χ0n) is 14.7. The molecule has 1 atom stereocenters. The van der Waals surface area contributed by atoms with E-state index in [1.807, 2.05) is 20.8 Å². The van der Waals surface area contributed by atoms with Gasteiger partial charge in [-0.25, -0.2) is 4.79 Å². The zero-order valence-corrected chi connectivity index (χ0v) is 14.7. The number of likely N-dealkylation sites (tertiary alicyclic amines) is 1. The molecule has 2 fully saturated rings. The Morgan fingerprint density at radius 3 is 2.18 bits per heavy atom. The second-order valence-corrected chi connectivity index (χ2v) is 9.00. The van der Waals surface area contributed by atoms with E-state index in [-0.39, 0.29) is 11.5 Å². The fourth-order valence-electron chi connectivity index (χ4n) is 3.53. The van der Waals surface area contributed by atoms with Crippen LogP contribution < -0.4 is 5.73 Å². The Kier molecular flexibility index (Phi) is 4.29. The van der Waals surface area contributed by atoms with Crippen molar-refractivity contribution in [2.75, 3.05) is 13.1 Å².